The topological polar surface area (TPSA) is 15.3 Å². The minimum absolute atomic E-state index is 0.351. The molecule has 1 atom stereocenters. The molecule has 0 amide bonds. The van der Waals surface area contributed by atoms with Gasteiger partial charge in [-0.15, -0.1) is 6.58 Å². The first-order chi connectivity index (χ1) is 25.1. The summed E-state index contributed by atoms with van der Waals surface area (Å²) in [5, 5.41) is 2.61. The molecule has 6 heteroatoms. The molecule has 0 aliphatic rings. The number of hydrogen-bond acceptors (Lipinski definition) is 2. The zero-order valence-electron chi connectivity index (χ0n) is 36.7. The van der Waals surface area contributed by atoms with Gasteiger partial charge in [-0.25, -0.2) is 13.2 Å². The Bertz CT molecular complexity index is 1550. The SMILES string of the molecule is C=C(C)c1c(C)cc(NC(C)C(C)(F)F)cc1F.C=C(CC)CC.C=CC.CC.CC\C=C(C)/C(=C\C=C(C)C)/C=C(\C)c1cc(C)ccc1N(C)C=S. The lowest BCUT2D eigenvalue weighted by Crippen LogP contribution is -2.34. The molecule has 0 fully saturated rings. The number of benzene rings is 2. The van der Waals surface area contributed by atoms with Gasteiger partial charge in [-0.3, -0.25) is 0 Å². The van der Waals surface area contributed by atoms with Gasteiger partial charge >= 0.3 is 0 Å². The first-order valence-electron chi connectivity index (χ1n) is 19.0. The summed E-state index contributed by atoms with van der Waals surface area (Å²) in [6.07, 6.45) is 14.0. The second kappa shape index (κ2) is 29.5. The minimum atomic E-state index is -2.86. The van der Waals surface area contributed by atoms with Crippen LogP contribution in [0.2, 0.25) is 0 Å². The molecule has 0 heterocycles. The van der Waals surface area contributed by atoms with Crippen molar-refractivity contribution in [3.8, 4) is 0 Å². The molecule has 2 aromatic carbocycles. The Hall–Kier alpha value is -3.90. The molecule has 0 bridgehead atoms. The maximum absolute atomic E-state index is 13.8. The number of hydrogen-bond donors (Lipinski definition) is 1. The van der Waals surface area contributed by atoms with Gasteiger partial charge in [0.15, 0.2) is 0 Å². The van der Waals surface area contributed by atoms with Crippen molar-refractivity contribution < 1.29 is 13.2 Å². The molecule has 2 aromatic rings. The molecule has 0 saturated heterocycles. The van der Waals surface area contributed by atoms with E-state index in [1.54, 1.807) is 31.5 Å². The van der Waals surface area contributed by atoms with Crippen LogP contribution < -0.4 is 10.2 Å². The number of thiocarbonyl (C=S) groups is 1. The van der Waals surface area contributed by atoms with Crippen molar-refractivity contribution >= 4 is 40.2 Å². The van der Waals surface area contributed by atoms with E-state index in [4.69, 9.17) is 12.2 Å². The molecule has 0 saturated carbocycles. The summed E-state index contributed by atoms with van der Waals surface area (Å²) in [7, 11) is 2.00. The van der Waals surface area contributed by atoms with Gasteiger partial charge in [-0.05, 0) is 134 Å². The number of aryl methyl sites for hydroxylation is 2. The average Bonchev–Trinajstić information content (AvgIpc) is 3.10. The number of alkyl halides is 2. The van der Waals surface area contributed by atoms with Crippen molar-refractivity contribution in [2.24, 2.45) is 0 Å². The second-order valence-corrected chi connectivity index (χ2v) is 13.6. The third-order valence-electron chi connectivity index (χ3n) is 7.91. The Morgan fingerprint density at radius 1 is 0.963 bits per heavy atom. The van der Waals surface area contributed by atoms with Crippen LogP contribution in [0.5, 0.6) is 0 Å². The van der Waals surface area contributed by atoms with Gasteiger partial charge in [0, 0.05) is 36.5 Å². The van der Waals surface area contributed by atoms with Crippen molar-refractivity contribution in [3.05, 3.63) is 131 Å². The molecule has 0 aromatic heterocycles. The normalized spacial score (nSPS) is 11.6. The van der Waals surface area contributed by atoms with Gasteiger partial charge in [0.1, 0.15) is 5.82 Å². The monoisotopic (exact) mass is 767 g/mol. The lowest BCUT2D eigenvalue weighted by molar-refractivity contribution is 0.00698. The smallest absolute Gasteiger partial charge is 0.264 e. The highest BCUT2D eigenvalue weighted by molar-refractivity contribution is 7.79. The summed E-state index contributed by atoms with van der Waals surface area (Å²) in [4.78, 5) is 2.00. The maximum Gasteiger partial charge on any atom is 0.264 e. The van der Waals surface area contributed by atoms with Crippen molar-refractivity contribution in [2.45, 2.75) is 135 Å². The number of nitrogens with one attached hydrogen (secondary N) is 1. The third-order valence-corrected chi connectivity index (χ3v) is 8.22. The predicted octanol–water partition coefficient (Wildman–Crippen LogP) is 16.2. The zero-order valence-corrected chi connectivity index (χ0v) is 37.5. The highest BCUT2D eigenvalue weighted by Crippen LogP contribution is 2.30. The van der Waals surface area contributed by atoms with Crippen molar-refractivity contribution in [1.29, 1.82) is 0 Å². The molecule has 302 valence electrons. The molecule has 1 N–H and O–H groups in total. The van der Waals surface area contributed by atoms with E-state index in [9.17, 15) is 13.2 Å². The quantitative estimate of drug-likeness (QED) is 0.124. The molecule has 0 spiro atoms. The molecular weight excluding hydrogens is 694 g/mol. The Morgan fingerprint density at radius 2 is 1.50 bits per heavy atom. The molecule has 2 nitrogen and oxygen atoms in total. The van der Waals surface area contributed by atoms with E-state index >= 15 is 0 Å². The molecular formula is C48H73F3N2S. The van der Waals surface area contributed by atoms with Crippen LogP contribution in [0.1, 0.15) is 132 Å². The van der Waals surface area contributed by atoms with Gasteiger partial charge in [0.2, 0.25) is 0 Å². The van der Waals surface area contributed by atoms with Crippen LogP contribution in [-0.4, -0.2) is 24.5 Å². The summed E-state index contributed by atoms with van der Waals surface area (Å²) < 4.78 is 39.9. The summed E-state index contributed by atoms with van der Waals surface area (Å²) in [6.45, 7) is 39.5. The molecule has 0 radical (unpaired) electrons. The number of allylic oxidation sites excluding steroid dienone is 11. The summed E-state index contributed by atoms with van der Waals surface area (Å²) in [5.74, 6) is -3.31. The van der Waals surface area contributed by atoms with Gasteiger partial charge in [-0.2, -0.15) is 0 Å². The highest BCUT2D eigenvalue weighted by atomic mass is 32.1. The van der Waals surface area contributed by atoms with E-state index < -0.39 is 17.8 Å². The Balaban J connectivity index is -0.000000778. The first-order valence-corrected chi connectivity index (χ1v) is 19.5. The zero-order chi connectivity index (χ0) is 42.8. The molecule has 0 aliphatic heterocycles. The van der Waals surface area contributed by atoms with Gasteiger partial charge < -0.3 is 10.2 Å². The largest absolute Gasteiger partial charge is 0.377 e. The lowest BCUT2D eigenvalue weighted by atomic mass is 9.97. The van der Waals surface area contributed by atoms with E-state index in [1.165, 1.54) is 52.0 Å². The fraction of sp³-hybridized carbons (Fsp3) is 0.438. The van der Waals surface area contributed by atoms with Crippen LogP contribution in [0.15, 0.2) is 103 Å². The van der Waals surface area contributed by atoms with Crippen LogP contribution in [0.4, 0.5) is 24.5 Å². The Kier molecular flexibility index (Phi) is 29.7. The predicted molar refractivity (Wildman–Crippen MR) is 245 cm³/mol. The standard InChI is InChI=1S/C23H31NS.C14H18F3N.C6H12.C3H6.C2H6/c1-8-9-19(5)21(12-10-17(2)3)15-20(6)22-14-18(4)11-13-23(22)24(7)16-25;1-8(2)13-9(3)6-11(7-12(13)15)18-10(4)14(5,16)17;1-4-6(3)5-2;1-3-2;1-2/h9-16H,8H2,1-7H3;6-7,10,18H,1H2,2-5H3;3-5H2,1-2H3;3H,1H2,2H3;1-2H3/b19-9-,20-15+,21-12-;;;;. The van der Waals surface area contributed by atoms with E-state index in [2.05, 4.69) is 123 Å². The fourth-order valence-corrected chi connectivity index (χ4v) is 4.72. The summed E-state index contributed by atoms with van der Waals surface area (Å²) >= 11 is 5.12. The highest BCUT2D eigenvalue weighted by Gasteiger charge is 2.30. The number of rotatable bonds is 13. The van der Waals surface area contributed by atoms with E-state index in [1.807, 2.05) is 32.7 Å². The summed E-state index contributed by atoms with van der Waals surface area (Å²) in [6, 6.07) is 8.30. The second-order valence-electron chi connectivity index (χ2n) is 13.3. The molecule has 0 aliphatic carbocycles. The minimum Gasteiger partial charge on any atom is -0.377 e. The lowest BCUT2D eigenvalue weighted by Gasteiger charge is -2.22. The number of anilines is 2. The van der Waals surface area contributed by atoms with Gasteiger partial charge in [0.25, 0.3) is 5.92 Å². The molecule has 2 rings (SSSR count). The van der Waals surface area contributed by atoms with Crippen molar-refractivity contribution in [3.63, 3.8) is 0 Å². The first kappa shape index (κ1) is 54.4. The maximum atomic E-state index is 13.8. The van der Waals surface area contributed by atoms with Crippen LogP contribution >= 0.6 is 12.2 Å². The third kappa shape index (κ3) is 22.3. The average molecular weight is 767 g/mol. The Labute approximate surface area is 335 Å². The van der Waals surface area contributed by atoms with Crippen molar-refractivity contribution in [2.75, 3.05) is 17.3 Å². The van der Waals surface area contributed by atoms with Crippen LogP contribution in [-0.2, 0) is 0 Å². The van der Waals surface area contributed by atoms with E-state index in [-0.39, 0.29) is 0 Å². The van der Waals surface area contributed by atoms with Crippen molar-refractivity contribution in [1.82, 2.24) is 0 Å². The van der Waals surface area contributed by atoms with Crippen LogP contribution in [0, 0.1) is 19.7 Å². The van der Waals surface area contributed by atoms with Crippen LogP contribution in [0.25, 0.3) is 11.1 Å². The summed E-state index contributed by atoms with van der Waals surface area (Å²) in [5.41, 5.74) is 13.8. The number of nitrogens with zero attached hydrogens (tertiary/aromatic N) is 1. The van der Waals surface area contributed by atoms with Gasteiger partial charge in [-0.1, -0.05) is 113 Å². The number of halogens is 3. The Morgan fingerprint density at radius 3 is 1.89 bits per heavy atom. The van der Waals surface area contributed by atoms with Gasteiger partial charge in [0.05, 0.1) is 11.5 Å². The molecule has 54 heavy (non-hydrogen) atoms. The fourth-order valence-electron chi connectivity index (χ4n) is 4.61. The van der Waals surface area contributed by atoms with Crippen LogP contribution in [0.3, 0.4) is 0 Å². The van der Waals surface area contributed by atoms with E-state index in [0.717, 1.165) is 31.9 Å². The molecule has 1 unspecified atom stereocenters. The van der Waals surface area contributed by atoms with E-state index in [0.29, 0.717) is 22.4 Å².